The molecule has 2 rings (SSSR count). The molecule has 2 atom stereocenters. The number of rotatable bonds is 4. The summed E-state index contributed by atoms with van der Waals surface area (Å²) < 4.78 is 0. The molecule has 18 heavy (non-hydrogen) atoms. The van der Waals surface area contributed by atoms with Crippen LogP contribution in [-0.4, -0.2) is 0 Å². The van der Waals surface area contributed by atoms with Crippen LogP contribution in [0.15, 0.2) is 65.8 Å². The summed E-state index contributed by atoms with van der Waals surface area (Å²) in [6.07, 6.45) is 11.8. The number of nitrogens with zero attached hydrogens (tertiary/aromatic N) is 1. The molecule has 2 nitrogen and oxygen atoms in total. The molecule has 0 bridgehead atoms. The lowest BCUT2D eigenvalue weighted by atomic mass is 9.87. The van der Waals surface area contributed by atoms with E-state index in [4.69, 9.17) is 5.53 Å². The molecule has 0 saturated carbocycles. The topological polar surface area (TPSA) is 36.2 Å². The highest BCUT2D eigenvalue weighted by molar-refractivity contribution is 5.64. The van der Waals surface area contributed by atoms with Crippen molar-refractivity contribution in [3.8, 4) is 0 Å². The molecule has 0 saturated heterocycles. The van der Waals surface area contributed by atoms with E-state index in [1.807, 2.05) is 30.3 Å². The molecular formula is C16H18N2. The standard InChI is InChI=1S/C16H18N2/c1-13(14-8-4-2-5-9-14)12-16(18-17)15-10-6-3-7-11-15/h2-8,10-14,17H,9H2,1H3/b16-12-,18-17?. The van der Waals surface area contributed by atoms with E-state index in [1.54, 1.807) is 0 Å². The second-order valence-corrected chi connectivity index (χ2v) is 4.60. The molecule has 0 amide bonds. The molecule has 1 aliphatic carbocycles. The molecular weight excluding hydrogens is 220 g/mol. The Morgan fingerprint density at radius 2 is 2.11 bits per heavy atom. The largest absolute Gasteiger partial charge is 0.204 e. The monoisotopic (exact) mass is 238 g/mol. The number of hydrogen-bond donors (Lipinski definition) is 1. The highest BCUT2D eigenvalue weighted by Crippen LogP contribution is 2.26. The van der Waals surface area contributed by atoms with Gasteiger partial charge in [0.25, 0.3) is 0 Å². The van der Waals surface area contributed by atoms with Gasteiger partial charge in [-0.3, -0.25) is 0 Å². The van der Waals surface area contributed by atoms with Crippen molar-refractivity contribution in [2.75, 3.05) is 0 Å². The van der Waals surface area contributed by atoms with Crippen LogP contribution in [0.5, 0.6) is 0 Å². The van der Waals surface area contributed by atoms with Gasteiger partial charge in [0.1, 0.15) is 0 Å². The summed E-state index contributed by atoms with van der Waals surface area (Å²) in [5, 5.41) is 3.66. The quantitative estimate of drug-likeness (QED) is 0.730. The maximum atomic E-state index is 7.33. The molecule has 0 fully saturated rings. The number of benzene rings is 1. The molecule has 2 unspecified atom stereocenters. The summed E-state index contributed by atoms with van der Waals surface area (Å²) in [6.45, 7) is 2.18. The van der Waals surface area contributed by atoms with Crippen molar-refractivity contribution in [1.29, 1.82) is 5.53 Å². The maximum Gasteiger partial charge on any atom is 0.0885 e. The molecule has 0 aliphatic heterocycles. The molecule has 0 spiro atoms. The van der Waals surface area contributed by atoms with E-state index in [2.05, 4.69) is 42.4 Å². The fourth-order valence-corrected chi connectivity index (χ4v) is 2.17. The number of allylic oxidation sites excluding steroid dienone is 5. The Hall–Kier alpha value is -1.96. The first-order valence-electron chi connectivity index (χ1n) is 6.29. The molecule has 1 aromatic carbocycles. The molecule has 1 aliphatic rings. The first-order chi connectivity index (χ1) is 8.81. The fraction of sp³-hybridized carbons (Fsp3) is 0.250. The van der Waals surface area contributed by atoms with E-state index in [-0.39, 0.29) is 0 Å². The van der Waals surface area contributed by atoms with Gasteiger partial charge in [0.05, 0.1) is 5.70 Å². The minimum absolute atomic E-state index is 0.385. The Kier molecular flexibility index (Phi) is 4.24. The van der Waals surface area contributed by atoms with Crippen molar-refractivity contribution < 1.29 is 0 Å². The predicted octanol–water partition coefficient (Wildman–Crippen LogP) is 4.83. The lowest BCUT2D eigenvalue weighted by molar-refractivity contribution is 0.515. The van der Waals surface area contributed by atoms with Crippen molar-refractivity contribution in [2.45, 2.75) is 13.3 Å². The summed E-state index contributed by atoms with van der Waals surface area (Å²) in [4.78, 5) is 0. The van der Waals surface area contributed by atoms with Gasteiger partial charge in [-0.25, -0.2) is 5.53 Å². The smallest absolute Gasteiger partial charge is 0.0885 e. The van der Waals surface area contributed by atoms with Gasteiger partial charge in [-0.1, -0.05) is 67.6 Å². The number of nitrogens with one attached hydrogen (secondary N) is 1. The summed E-state index contributed by atoms with van der Waals surface area (Å²) >= 11 is 0. The molecule has 0 aromatic heterocycles. The molecule has 0 heterocycles. The third kappa shape index (κ3) is 3.04. The van der Waals surface area contributed by atoms with Crippen LogP contribution in [-0.2, 0) is 0 Å². The third-order valence-electron chi connectivity index (χ3n) is 3.30. The van der Waals surface area contributed by atoms with Crippen LogP contribution < -0.4 is 0 Å². The van der Waals surface area contributed by atoms with Crippen LogP contribution in [0, 0.1) is 17.4 Å². The van der Waals surface area contributed by atoms with E-state index >= 15 is 0 Å². The van der Waals surface area contributed by atoms with E-state index in [9.17, 15) is 0 Å². The fourth-order valence-electron chi connectivity index (χ4n) is 2.17. The first-order valence-corrected chi connectivity index (χ1v) is 6.29. The molecule has 2 heteroatoms. The second-order valence-electron chi connectivity index (χ2n) is 4.60. The first kappa shape index (κ1) is 12.5. The zero-order chi connectivity index (χ0) is 12.8. The normalized spacial score (nSPS) is 20.7. The Balaban J connectivity index is 2.17. The summed E-state index contributed by atoms with van der Waals surface area (Å²) in [6, 6.07) is 9.91. The molecule has 1 aromatic rings. The Labute approximate surface area is 108 Å². The van der Waals surface area contributed by atoms with E-state index in [0.29, 0.717) is 11.8 Å². The third-order valence-corrected chi connectivity index (χ3v) is 3.30. The summed E-state index contributed by atoms with van der Waals surface area (Å²) in [5.74, 6) is 0.894. The highest BCUT2D eigenvalue weighted by atomic mass is 15.0. The zero-order valence-corrected chi connectivity index (χ0v) is 10.6. The van der Waals surface area contributed by atoms with Gasteiger partial charge in [-0.15, -0.1) is 0 Å². The van der Waals surface area contributed by atoms with Gasteiger partial charge in [0, 0.05) is 5.56 Å². The van der Waals surface area contributed by atoms with Crippen LogP contribution in [0.2, 0.25) is 0 Å². The predicted molar refractivity (Wildman–Crippen MR) is 75.1 cm³/mol. The van der Waals surface area contributed by atoms with Crippen molar-refractivity contribution in [3.05, 3.63) is 66.3 Å². The van der Waals surface area contributed by atoms with Crippen molar-refractivity contribution in [1.82, 2.24) is 0 Å². The van der Waals surface area contributed by atoms with Gasteiger partial charge in [-0.05, 0) is 18.3 Å². The van der Waals surface area contributed by atoms with Gasteiger partial charge < -0.3 is 0 Å². The maximum absolute atomic E-state index is 7.33. The Morgan fingerprint density at radius 3 is 2.72 bits per heavy atom. The summed E-state index contributed by atoms with van der Waals surface area (Å²) in [5.41, 5.74) is 9.09. The van der Waals surface area contributed by atoms with E-state index < -0.39 is 0 Å². The van der Waals surface area contributed by atoms with Gasteiger partial charge in [-0.2, -0.15) is 5.11 Å². The van der Waals surface area contributed by atoms with Crippen LogP contribution >= 0.6 is 0 Å². The van der Waals surface area contributed by atoms with Crippen molar-refractivity contribution in [3.63, 3.8) is 0 Å². The molecule has 1 N–H and O–H groups in total. The Morgan fingerprint density at radius 1 is 1.33 bits per heavy atom. The van der Waals surface area contributed by atoms with Crippen molar-refractivity contribution >= 4 is 5.70 Å². The van der Waals surface area contributed by atoms with Crippen LogP contribution in [0.1, 0.15) is 18.9 Å². The van der Waals surface area contributed by atoms with E-state index in [1.165, 1.54) is 0 Å². The molecule has 0 radical (unpaired) electrons. The lowest BCUT2D eigenvalue weighted by Crippen LogP contribution is -2.07. The van der Waals surface area contributed by atoms with E-state index in [0.717, 1.165) is 17.7 Å². The van der Waals surface area contributed by atoms with Gasteiger partial charge in [0.15, 0.2) is 0 Å². The minimum Gasteiger partial charge on any atom is -0.204 e. The summed E-state index contributed by atoms with van der Waals surface area (Å²) in [7, 11) is 0. The van der Waals surface area contributed by atoms with Gasteiger partial charge >= 0.3 is 0 Å². The minimum atomic E-state index is 0.385. The average Bonchev–Trinajstić information content (AvgIpc) is 2.46. The zero-order valence-electron chi connectivity index (χ0n) is 10.6. The van der Waals surface area contributed by atoms with Crippen molar-refractivity contribution in [2.24, 2.45) is 17.0 Å². The van der Waals surface area contributed by atoms with Gasteiger partial charge in [0.2, 0.25) is 0 Å². The Bertz CT molecular complexity index is 483. The van der Waals surface area contributed by atoms with Crippen LogP contribution in [0.3, 0.4) is 0 Å². The molecule has 92 valence electrons. The lowest BCUT2D eigenvalue weighted by Gasteiger charge is -2.18. The van der Waals surface area contributed by atoms with Crippen LogP contribution in [0.4, 0.5) is 0 Å². The van der Waals surface area contributed by atoms with Crippen LogP contribution in [0.25, 0.3) is 5.70 Å². The highest BCUT2D eigenvalue weighted by Gasteiger charge is 2.13. The average molecular weight is 238 g/mol. The SMILES string of the molecule is CC(/C=C(\N=N)c1ccccc1)C1C=CC=CC1. The second kappa shape index (κ2) is 6.10. The number of hydrogen-bond acceptors (Lipinski definition) is 2.